The van der Waals surface area contributed by atoms with Crippen molar-refractivity contribution >= 4 is 15.9 Å². The molecule has 1 N–H and O–H groups in total. The van der Waals surface area contributed by atoms with E-state index in [0.29, 0.717) is 19.6 Å². The van der Waals surface area contributed by atoms with E-state index < -0.39 is 10.0 Å². The number of rotatable bonds is 6. The fourth-order valence-electron chi connectivity index (χ4n) is 2.88. The van der Waals surface area contributed by atoms with E-state index in [0.717, 1.165) is 30.4 Å². The van der Waals surface area contributed by atoms with E-state index >= 15 is 0 Å². The summed E-state index contributed by atoms with van der Waals surface area (Å²) in [5.74, 6) is -0.118. The molecule has 3 rings (SSSR count). The number of sulfonamides is 1. The fourth-order valence-corrected chi connectivity index (χ4v) is 4.39. The molecule has 1 aliphatic heterocycles. The molecular formula is C18H22N2O4S. The molecule has 1 aliphatic rings. The quantitative estimate of drug-likeness (QED) is 0.855. The van der Waals surface area contributed by atoms with Crippen molar-refractivity contribution in [3.8, 4) is 0 Å². The predicted octanol–water partition coefficient (Wildman–Crippen LogP) is 2.31. The van der Waals surface area contributed by atoms with Gasteiger partial charge in [0.05, 0.1) is 23.8 Å². The highest BCUT2D eigenvalue weighted by atomic mass is 32.2. The van der Waals surface area contributed by atoms with Crippen LogP contribution >= 0.6 is 0 Å². The maximum atomic E-state index is 12.6. The van der Waals surface area contributed by atoms with Gasteiger partial charge in [-0.05, 0) is 36.6 Å². The number of piperidine rings is 1. The van der Waals surface area contributed by atoms with Crippen molar-refractivity contribution in [3.63, 3.8) is 0 Å². The molecule has 0 saturated carbocycles. The van der Waals surface area contributed by atoms with Gasteiger partial charge >= 0.3 is 0 Å². The van der Waals surface area contributed by atoms with Crippen LogP contribution in [-0.4, -0.2) is 31.7 Å². The number of furan rings is 1. The van der Waals surface area contributed by atoms with Crippen LogP contribution in [0.25, 0.3) is 0 Å². The van der Waals surface area contributed by atoms with Crippen LogP contribution < -0.4 is 5.32 Å². The lowest BCUT2D eigenvalue weighted by Crippen LogP contribution is -2.35. The summed E-state index contributed by atoms with van der Waals surface area (Å²) in [5, 5.41) is 2.80. The van der Waals surface area contributed by atoms with Gasteiger partial charge in [-0.25, -0.2) is 8.42 Å². The number of hydrogen-bond acceptors (Lipinski definition) is 4. The van der Waals surface area contributed by atoms with Crippen molar-refractivity contribution in [1.29, 1.82) is 0 Å². The Morgan fingerprint density at radius 3 is 2.40 bits per heavy atom. The number of benzene rings is 1. The number of carbonyl (C=O) groups is 1. The van der Waals surface area contributed by atoms with Crippen LogP contribution in [0, 0.1) is 0 Å². The molecular weight excluding hydrogens is 340 g/mol. The van der Waals surface area contributed by atoms with Crippen molar-refractivity contribution < 1.29 is 17.6 Å². The summed E-state index contributed by atoms with van der Waals surface area (Å²) in [4.78, 5) is 12.3. The molecule has 1 aromatic carbocycles. The molecule has 0 unspecified atom stereocenters. The average molecular weight is 362 g/mol. The van der Waals surface area contributed by atoms with Crippen molar-refractivity contribution in [2.24, 2.45) is 0 Å². The topological polar surface area (TPSA) is 79.6 Å². The highest BCUT2D eigenvalue weighted by molar-refractivity contribution is 7.89. The molecule has 2 aromatic rings. The number of nitrogens with zero attached hydrogens (tertiary/aromatic N) is 1. The van der Waals surface area contributed by atoms with Gasteiger partial charge in [0.15, 0.2) is 0 Å². The van der Waals surface area contributed by atoms with Crippen LogP contribution in [0.2, 0.25) is 0 Å². The number of hydrogen-bond donors (Lipinski definition) is 1. The number of nitrogens with one attached hydrogen (secondary N) is 1. The maximum absolute atomic E-state index is 12.6. The summed E-state index contributed by atoms with van der Waals surface area (Å²) in [7, 11) is -3.42. The molecule has 1 amide bonds. The summed E-state index contributed by atoms with van der Waals surface area (Å²) in [6.45, 7) is 1.58. The van der Waals surface area contributed by atoms with Gasteiger partial charge < -0.3 is 9.73 Å². The standard InChI is InChI=1S/C18H22N2O4S/c21-18(19-13-16-8-11-24-14-16)12-15-4-6-17(7-5-15)25(22,23)20-9-2-1-3-10-20/h4-8,11,14H,1-3,9-10,12-13H2,(H,19,21). The average Bonchev–Trinajstić information content (AvgIpc) is 3.15. The Labute approximate surface area is 147 Å². The SMILES string of the molecule is O=C(Cc1ccc(S(=O)(=O)N2CCCCC2)cc1)NCc1ccoc1. The third-order valence-corrected chi connectivity index (χ3v) is 6.22. The molecule has 0 bridgehead atoms. The van der Waals surface area contributed by atoms with E-state index in [1.165, 1.54) is 0 Å². The van der Waals surface area contributed by atoms with Crippen LogP contribution in [0.15, 0.2) is 52.2 Å². The zero-order valence-corrected chi connectivity index (χ0v) is 14.8. The van der Waals surface area contributed by atoms with Gasteiger partial charge in [-0.3, -0.25) is 4.79 Å². The monoisotopic (exact) mass is 362 g/mol. The lowest BCUT2D eigenvalue weighted by atomic mass is 10.1. The summed E-state index contributed by atoms with van der Waals surface area (Å²) in [5.41, 5.74) is 1.68. The highest BCUT2D eigenvalue weighted by Gasteiger charge is 2.25. The minimum Gasteiger partial charge on any atom is -0.472 e. The summed E-state index contributed by atoms with van der Waals surface area (Å²) >= 11 is 0. The first-order chi connectivity index (χ1) is 12.1. The van der Waals surface area contributed by atoms with Crippen LogP contribution in [0.4, 0.5) is 0 Å². The molecule has 1 fully saturated rings. The second-order valence-corrected chi connectivity index (χ2v) is 8.13. The molecule has 2 heterocycles. The molecule has 0 atom stereocenters. The first kappa shape index (κ1) is 17.7. The van der Waals surface area contributed by atoms with Gasteiger partial charge in [0.25, 0.3) is 0 Å². The van der Waals surface area contributed by atoms with E-state index in [2.05, 4.69) is 5.32 Å². The van der Waals surface area contributed by atoms with Gasteiger partial charge in [0, 0.05) is 25.2 Å². The zero-order valence-electron chi connectivity index (χ0n) is 14.0. The molecule has 1 saturated heterocycles. The van der Waals surface area contributed by atoms with E-state index in [1.54, 1.807) is 47.2 Å². The van der Waals surface area contributed by atoms with Crippen LogP contribution in [0.5, 0.6) is 0 Å². The first-order valence-corrected chi connectivity index (χ1v) is 9.86. The van der Waals surface area contributed by atoms with Crippen molar-refractivity contribution in [2.45, 2.75) is 37.1 Å². The predicted molar refractivity (Wildman–Crippen MR) is 93.3 cm³/mol. The largest absolute Gasteiger partial charge is 0.472 e. The molecule has 134 valence electrons. The van der Waals surface area contributed by atoms with E-state index in [1.807, 2.05) is 0 Å². The van der Waals surface area contributed by atoms with Crippen molar-refractivity contribution in [3.05, 3.63) is 54.0 Å². The molecule has 0 radical (unpaired) electrons. The van der Waals surface area contributed by atoms with E-state index in [-0.39, 0.29) is 17.2 Å². The fraction of sp³-hybridized carbons (Fsp3) is 0.389. The van der Waals surface area contributed by atoms with Gasteiger partial charge in [-0.2, -0.15) is 4.31 Å². The number of carbonyl (C=O) groups excluding carboxylic acids is 1. The second kappa shape index (κ2) is 7.84. The van der Waals surface area contributed by atoms with Crippen molar-refractivity contribution in [2.75, 3.05) is 13.1 Å². The first-order valence-electron chi connectivity index (χ1n) is 8.42. The Morgan fingerprint density at radius 1 is 1.04 bits per heavy atom. The summed E-state index contributed by atoms with van der Waals surface area (Å²) in [6, 6.07) is 8.37. The molecule has 0 aliphatic carbocycles. The minimum atomic E-state index is -3.42. The molecule has 7 heteroatoms. The highest BCUT2D eigenvalue weighted by Crippen LogP contribution is 2.21. The van der Waals surface area contributed by atoms with Gasteiger partial charge in [0.2, 0.25) is 15.9 Å². The van der Waals surface area contributed by atoms with Crippen LogP contribution in [0.1, 0.15) is 30.4 Å². The van der Waals surface area contributed by atoms with Gasteiger partial charge in [0.1, 0.15) is 0 Å². The Bertz CT molecular complexity index is 792. The lowest BCUT2D eigenvalue weighted by Gasteiger charge is -2.25. The normalized spacial score (nSPS) is 15.8. The van der Waals surface area contributed by atoms with E-state index in [9.17, 15) is 13.2 Å². The van der Waals surface area contributed by atoms with Crippen molar-refractivity contribution in [1.82, 2.24) is 9.62 Å². The minimum absolute atomic E-state index is 0.118. The molecule has 6 nitrogen and oxygen atoms in total. The van der Waals surface area contributed by atoms with Gasteiger partial charge in [-0.15, -0.1) is 0 Å². The summed E-state index contributed by atoms with van der Waals surface area (Å²) in [6.07, 6.45) is 6.26. The Hall–Kier alpha value is -2.12. The Kier molecular flexibility index (Phi) is 5.55. The zero-order chi connectivity index (χ0) is 17.7. The van der Waals surface area contributed by atoms with Crippen LogP contribution in [0.3, 0.4) is 0 Å². The van der Waals surface area contributed by atoms with Gasteiger partial charge in [-0.1, -0.05) is 18.6 Å². The molecule has 0 spiro atoms. The summed E-state index contributed by atoms with van der Waals surface area (Å²) < 4.78 is 31.7. The smallest absolute Gasteiger partial charge is 0.243 e. The third-order valence-electron chi connectivity index (χ3n) is 4.31. The Balaban J connectivity index is 1.58. The molecule has 25 heavy (non-hydrogen) atoms. The number of amides is 1. The maximum Gasteiger partial charge on any atom is 0.243 e. The third kappa shape index (κ3) is 4.49. The Morgan fingerprint density at radius 2 is 1.76 bits per heavy atom. The second-order valence-electron chi connectivity index (χ2n) is 6.19. The lowest BCUT2D eigenvalue weighted by molar-refractivity contribution is -0.120. The van der Waals surface area contributed by atoms with E-state index in [4.69, 9.17) is 4.42 Å². The van der Waals surface area contributed by atoms with Crippen LogP contribution in [-0.2, 0) is 27.8 Å². The molecule has 1 aromatic heterocycles.